The fraction of sp³-hybridized carbons (Fsp3) is 0.222. The molecule has 0 saturated heterocycles. The van der Waals surface area contributed by atoms with Gasteiger partial charge in [-0.05, 0) is 82.8 Å². The molecule has 33 heavy (non-hydrogen) atoms. The number of carbonyl (C=O) groups excluding carboxylic acids is 1. The number of nitrogens with one attached hydrogen (secondary N) is 1. The summed E-state index contributed by atoms with van der Waals surface area (Å²) in [7, 11) is 4.91. The van der Waals surface area contributed by atoms with Gasteiger partial charge in [-0.1, -0.05) is 6.07 Å². The number of ether oxygens (including phenoxy) is 3. The number of rotatable bonds is 8. The van der Waals surface area contributed by atoms with Crippen LogP contribution in [0.15, 0.2) is 64.8 Å². The van der Waals surface area contributed by atoms with Gasteiger partial charge in [0.25, 0.3) is 0 Å². The van der Waals surface area contributed by atoms with E-state index in [1.54, 1.807) is 33.7 Å². The Balaban J connectivity index is 1.70. The molecule has 4 rings (SSSR count). The van der Waals surface area contributed by atoms with Crippen LogP contribution in [0.25, 0.3) is 17.2 Å². The van der Waals surface area contributed by atoms with Crippen molar-refractivity contribution < 1.29 is 23.4 Å². The Bertz CT molecular complexity index is 1200. The molecule has 1 aliphatic carbocycles. The highest BCUT2D eigenvalue weighted by atomic mass is 16.5. The average Bonchev–Trinajstić information content (AvgIpc) is 3.45. The van der Waals surface area contributed by atoms with Crippen molar-refractivity contribution in [1.29, 1.82) is 0 Å². The number of amides is 1. The van der Waals surface area contributed by atoms with Gasteiger partial charge in [0.05, 0.1) is 40.6 Å². The number of allylic oxidation sites excluding steroid dienone is 2. The highest BCUT2D eigenvalue weighted by Crippen LogP contribution is 2.45. The van der Waals surface area contributed by atoms with Crippen molar-refractivity contribution in [2.45, 2.75) is 19.9 Å². The molecule has 0 bridgehead atoms. The minimum absolute atomic E-state index is 0.0705. The molecule has 1 amide bonds. The van der Waals surface area contributed by atoms with Gasteiger partial charge in [-0.3, -0.25) is 4.79 Å². The Hall–Kier alpha value is -3.93. The van der Waals surface area contributed by atoms with E-state index < -0.39 is 0 Å². The Morgan fingerprint density at radius 3 is 2.30 bits per heavy atom. The van der Waals surface area contributed by atoms with Gasteiger partial charge in [0.1, 0.15) is 23.0 Å². The van der Waals surface area contributed by atoms with Crippen LogP contribution in [-0.4, -0.2) is 27.2 Å². The maximum absolute atomic E-state index is 12.8. The van der Waals surface area contributed by atoms with Crippen LogP contribution in [0, 0.1) is 0 Å². The van der Waals surface area contributed by atoms with Crippen molar-refractivity contribution in [3.8, 4) is 17.2 Å². The van der Waals surface area contributed by atoms with Crippen molar-refractivity contribution in [1.82, 2.24) is 5.32 Å². The largest absolute Gasteiger partial charge is 0.497 e. The number of hydrogen-bond donors (Lipinski definition) is 1. The fourth-order valence-electron chi connectivity index (χ4n) is 4.02. The number of benzene rings is 2. The molecule has 1 heterocycles. The first-order valence-electron chi connectivity index (χ1n) is 10.6. The summed E-state index contributed by atoms with van der Waals surface area (Å²) >= 11 is 0. The van der Waals surface area contributed by atoms with E-state index in [1.807, 2.05) is 49.4 Å². The van der Waals surface area contributed by atoms with Crippen molar-refractivity contribution in [3.05, 3.63) is 82.8 Å². The summed E-state index contributed by atoms with van der Waals surface area (Å²) in [4.78, 5) is 12.8. The number of methoxy groups -OCH3 is 3. The summed E-state index contributed by atoms with van der Waals surface area (Å²) in [5.74, 6) is 2.83. The maximum Gasteiger partial charge on any atom is 0.224 e. The molecule has 6 nitrogen and oxygen atoms in total. The van der Waals surface area contributed by atoms with Gasteiger partial charge in [-0.2, -0.15) is 0 Å². The molecule has 0 atom stereocenters. The van der Waals surface area contributed by atoms with Crippen LogP contribution < -0.4 is 19.5 Å². The summed E-state index contributed by atoms with van der Waals surface area (Å²) in [6.45, 7) is 2.40. The van der Waals surface area contributed by atoms with Gasteiger partial charge in [0.2, 0.25) is 5.91 Å². The number of carbonyl (C=O) groups is 1. The maximum atomic E-state index is 12.8. The van der Waals surface area contributed by atoms with Crippen LogP contribution >= 0.6 is 0 Å². The van der Waals surface area contributed by atoms with Crippen LogP contribution in [0.2, 0.25) is 0 Å². The second-order valence-electron chi connectivity index (χ2n) is 7.75. The summed E-state index contributed by atoms with van der Waals surface area (Å²) in [6.07, 6.45) is 3.95. The Kier molecular flexibility index (Phi) is 6.54. The molecule has 0 saturated carbocycles. The van der Waals surface area contributed by atoms with Crippen LogP contribution in [0.4, 0.5) is 0 Å². The molecule has 0 aliphatic heterocycles. The first-order chi connectivity index (χ1) is 16.0. The molecule has 2 aromatic carbocycles. The van der Waals surface area contributed by atoms with Crippen molar-refractivity contribution in [3.63, 3.8) is 0 Å². The summed E-state index contributed by atoms with van der Waals surface area (Å²) < 4.78 is 21.6. The molecule has 0 radical (unpaired) electrons. The number of furan rings is 1. The highest BCUT2D eigenvalue weighted by Gasteiger charge is 2.26. The first kappa shape index (κ1) is 22.3. The molecule has 1 aliphatic rings. The summed E-state index contributed by atoms with van der Waals surface area (Å²) in [5, 5.41) is 2.94. The van der Waals surface area contributed by atoms with Gasteiger partial charge in [-0.15, -0.1) is 0 Å². The monoisotopic (exact) mass is 445 g/mol. The molecule has 0 spiro atoms. The zero-order valence-electron chi connectivity index (χ0n) is 19.2. The topological polar surface area (TPSA) is 69.9 Å². The molecule has 1 N–H and O–H groups in total. The van der Waals surface area contributed by atoms with E-state index in [2.05, 4.69) is 11.4 Å². The second kappa shape index (κ2) is 9.69. The van der Waals surface area contributed by atoms with Crippen molar-refractivity contribution in [2.24, 2.45) is 0 Å². The Morgan fingerprint density at radius 2 is 1.67 bits per heavy atom. The SMILES string of the molecule is COc1cc(/C=C2/C(C)=C(CC(=O)NCc3ccco3)c3cc(OC)ccc32)cc(OC)c1. The smallest absolute Gasteiger partial charge is 0.224 e. The lowest BCUT2D eigenvalue weighted by Crippen LogP contribution is -2.22. The summed E-state index contributed by atoms with van der Waals surface area (Å²) in [6, 6.07) is 15.4. The Morgan fingerprint density at radius 1 is 0.939 bits per heavy atom. The van der Waals surface area contributed by atoms with E-state index in [9.17, 15) is 4.79 Å². The standard InChI is InChI=1S/C27H27NO5/c1-17-24(12-18-10-21(31-3)13-22(11-18)32-4)23-8-7-19(30-2)14-26(23)25(17)15-27(29)28-16-20-6-5-9-33-20/h5-14H,15-16H2,1-4H3,(H,28,29)/b24-12-. The van der Waals surface area contributed by atoms with Gasteiger partial charge >= 0.3 is 0 Å². The molecule has 0 fully saturated rings. The van der Waals surface area contributed by atoms with Gasteiger partial charge < -0.3 is 23.9 Å². The van der Waals surface area contributed by atoms with Crippen molar-refractivity contribution in [2.75, 3.05) is 21.3 Å². The number of fused-ring (bicyclic) bond motifs is 1. The van der Waals surface area contributed by atoms with E-state index in [4.69, 9.17) is 18.6 Å². The minimum atomic E-state index is -0.0705. The quantitative estimate of drug-likeness (QED) is 0.507. The van der Waals surface area contributed by atoms with Crippen LogP contribution in [-0.2, 0) is 11.3 Å². The Labute approximate surface area is 193 Å². The van der Waals surface area contributed by atoms with Crippen molar-refractivity contribution >= 4 is 23.1 Å². The van der Waals surface area contributed by atoms with E-state index in [0.29, 0.717) is 18.0 Å². The predicted molar refractivity (Wildman–Crippen MR) is 128 cm³/mol. The predicted octanol–water partition coefficient (Wildman–Crippen LogP) is 5.34. The third kappa shape index (κ3) is 4.80. The molecular weight excluding hydrogens is 418 g/mol. The lowest BCUT2D eigenvalue weighted by atomic mass is 10.00. The highest BCUT2D eigenvalue weighted by molar-refractivity contribution is 6.08. The second-order valence-corrected chi connectivity index (χ2v) is 7.75. The van der Waals surface area contributed by atoms with Crippen LogP contribution in [0.1, 0.15) is 35.8 Å². The van der Waals surface area contributed by atoms with E-state index in [-0.39, 0.29) is 12.3 Å². The molecule has 0 unspecified atom stereocenters. The lowest BCUT2D eigenvalue weighted by Gasteiger charge is -2.09. The third-order valence-electron chi connectivity index (χ3n) is 5.76. The molecule has 1 aromatic heterocycles. The number of hydrogen-bond acceptors (Lipinski definition) is 5. The van der Waals surface area contributed by atoms with Gasteiger partial charge in [0, 0.05) is 6.07 Å². The molecule has 3 aromatic rings. The lowest BCUT2D eigenvalue weighted by molar-refractivity contribution is -0.120. The molecule has 170 valence electrons. The molecular formula is C27H27NO5. The zero-order chi connectivity index (χ0) is 23.4. The normalized spacial score (nSPS) is 13.8. The van der Waals surface area contributed by atoms with E-state index in [0.717, 1.165) is 44.9 Å². The first-order valence-corrected chi connectivity index (χ1v) is 10.6. The minimum Gasteiger partial charge on any atom is -0.497 e. The fourth-order valence-corrected chi connectivity index (χ4v) is 4.02. The summed E-state index contributed by atoms with van der Waals surface area (Å²) in [5.41, 5.74) is 6.09. The zero-order valence-corrected chi connectivity index (χ0v) is 19.2. The third-order valence-corrected chi connectivity index (χ3v) is 5.76. The molecule has 6 heteroatoms. The van der Waals surface area contributed by atoms with E-state index in [1.165, 1.54) is 0 Å². The van der Waals surface area contributed by atoms with Crippen LogP contribution in [0.3, 0.4) is 0 Å². The van der Waals surface area contributed by atoms with E-state index >= 15 is 0 Å². The average molecular weight is 446 g/mol. The van der Waals surface area contributed by atoms with Crippen LogP contribution in [0.5, 0.6) is 17.2 Å². The van der Waals surface area contributed by atoms with Gasteiger partial charge in [-0.25, -0.2) is 0 Å². The van der Waals surface area contributed by atoms with Gasteiger partial charge in [0.15, 0.2) is 0 Å².